The second-order valence-electron chi connectivity index (χ2n) is 10.8. The van der Waals surface area contributed by atoms with Crippen molar-refractivity contribution in [1.29, 1.82) is 0 Å². The van der Waals surface area contributed by atoms with Gasteiger partial charge in [0.1, 0.15) is 12.1 Å². The minimum Gasteiger partial charge on any atom is -0.356 e. The zero-order chi connectivity index (χ0) is 30.7. The van der Waals surface area contributed by atoms with E-state index >= 15 is 0 Å². The molecule has 0 bridgehead atoms. The monoisotopic (exact) mass is 593 g/mol. The molecule has 0 fully saturated rings. The van der Waals surface area contributed by atoms with Crippen LogP contribution in [0.4, 0.5) is 17.6 Å². The van der Waals surface area contributed by atoms with E-state index in [1.54, 1.807) is 13.8 Å². The van der Waals surface area contributed by atoms with Crippen molar-refractivity contribution in [3.05, 3.63) is 39.1 Å². The first-order valence-electron chi connectivity index (χ1n) is 13.0. The van der Waals surface area contributed by atoms with E-state index in [0.29, 0.717) is 19.4 Å². The van der Waals surface area contributed by atoms with Crippen molar-refractivity contribution < 1.29 is 27.2 Å². The van der Waals surface area contributed by atoms with Crippen LogP contribution in [0.5, 0.6) is 0 Å². The second-order valence-corrected chi connectivity index (χ2v) is 11.9. The maximum Gasteiger partial charge on any atom is 0.220 e. The number of hydrogen-bond donors (Lipinski definition) is 3. The third-order valence-electron chi connectivity index (χ3n) is 6.94. The molecule has 0 radical (unpaired) electrons. The van der Waals surface area contributed by atoms with Gasteiger partial charge in [-0.15, -0.1) is 0 Å². The Labute approximate surface area is 236 Å². The number of hydrogen-bond acceptors (Lipinski definition) is 9. The Balaban J connectivity index is 2.60. The van der Waals surface area contributed by atoms with Crippen LogP contribution in [0.25, 0.3) is 0 Å². The molecule has 0 aliphatic rings. The molecule has 0 saturated carbocycles. The highest BCUT2D eigenvalue weighted by Crippen LogP contribution is 2.30. The molecule has 1 aromatic carbocycles. The summed E-state index contributed by atoms with van der Waals surface area (Å²) in [7, 11) is 0. The summed E-state index contributed by atoms with van der Waals surface area (Å²) >= 11 is 0.0523. The number of thioether (sulfide) groups is 1. The van der Waals surface area contributed by atoms with Gasteiger partial charge in [-0.25, -0.2) is 17.6 Å². The number of benzene rings is 1. The summed E-state index contributed by atoms with van der Waals surface area (Å²) < 4.78 is 54.1. The highest BCUT2D eigenvalue weighted by Gasteiger charge is 2.30. The fraction of sp³-hybridized carbons (Fsp3) is 0.692. The molecule has 0 aliphatic heterocycles. The molecule has 226 valence electrons. The molecule has 3 unspecified atom stereocenters. The summed E-state index contributed by atoms with van der Waals surface area (Å²) in [5.41, 5.74) is -1.14. The molecule has 14 heteroatoms. The van der Waals surface area contributed by atoms with Crippen molar-refractivity contribution in [2.45, 2.75) is 108 Å². The summed E-state index contributed by atoms with van der Waals surface area (Å²) in [5.74, 6) is -6.85. The molecule has 0 spiro atoms. The van der Waals surface area contributed by atoms with Gasteiger partial charge in [0.15, 0.2) is 28.4 Å². The van der Waals surface area contributed by atoms with E-state index in [4.69, 9.17) is 0 Å². The van der Waals surface area contributed by atoms with E-state index in [1.165, 1.54) is 0 Å². The van der Waals surface area contributed by atoms with Crippen LogP contribution in [0, 0.1) is 33.1 Å². The van der Waals surface area contributed by atoms with Crippen molar-refractivity contribution in [3.63, 3.8) is 0 Å². The van der Waals surface area contributed by atoms with Crippen LogP contribution in [-0.2, 0) is 9.59 Å². The average molecular weight is 594 g/mol. The second kappa shape index (κ2) is 16.1. The molecular formula is C26H39F4N5O4S. The smallest absolute Gasteiger partial charge is 0.220 e. The molecule has 1 aromatic rings. The third-order valence-corrected chi connectivity index (χ3v) is 7.94. The number of halogens is 4. The van der Waals surface area contributed by atoms with Gasteiger partial charge in [-0.05, 0) is 79.1 Å². The third kappa shape index (κ3) is 11.2. The Bertz CT molecular complexity index is 1020. The summed E-state index contributed by atoms with van der Waals surface area (Å²) in [6.07, 6.45) is 0.899. The molecule has 1 rings (SSSR count). The van der Waals surface area contributed by atoms with Crippen LogP contribution >= 0.6 is 11.8 Å². The van der Waals surface area contributed by atoms with Crippen LogP contribution in [0.1, 0.15) is 73.6 Å². The lowest BCUT2D eigenvalue weighted by atomic mass is 9.93. The molecule has 3 N–H and O–H groups in total. The van der Waals surface area contributed by atoms with Crippen LogP contribution in [0.2, 0.25) is 0 Å². The predicted molar refractivity (Wildman–Crippen MR) is 147 cm³/mol. The number of carbonyl (C=O) groups is 2. The zero-order valence-electron chi connectivity index (χ0n) is 23.7. The van der Waals surface area contributed by atoms with Gasteiger partial charge < -0.3 is 16.0 Å². The number of rotatable bonds is 18. The fourth-order valence-electron chi connectivity index (χ4n) is 3.59. The van der Waals surface area contributed by atoms with Gasteiger partial charge >= 0.3 is 0 Å². The molecule has 1 amide bonds. The molecule has 9 nitrogen and oxygen atoms in total. The Morgan fingerprint density at radius 3 is 1.95 bits per heavy atom. The highest BCUT2D eigenvalue weighted by atomic mass is 32.2. The van der Waals surface area contributed by atoms with Gasteiger partial charge in [0.05, 0.1) is 4.90 Å². The van der Waals surface area contributed by atoms with Crippen molar-refractivity contribution in [3.8, 4) is 0 Å². The van der Waals surface area contributed by atoms with Gasteiger partial charge in [-0.3, -0.25) is 9.59 Å². The number of nitrogens with zero attached hydrogens (tertiary/aromatic N) is 2. The molecular weight excluding hydrogens is 554 g/mol. The van der Waals surface area contributed by atoms with Gasteiger partial charge in [0.2, 0.25) is 5.91 Å². The molecule has 3 atom stereocenters. The topological polar surface area (TPSA) is 129 Å². The zero-order valence-corrected chi connectivity index (χ0v) is 24.5. The first kappa shape index (κ1) is 35.6. The molecule has 40 heavy (non-hydrogen) atoms. The van der Waals surface area contributed by atoms with Crippen LogP contribution in [0.3, 0.4) is 0 Å². The first-order valence-corrected chi connectivity index (χ1v) is 13.8. The Kier molecular flexibility index (Phi) is 14.3. The minimum atomic E-state index is -1.65. The Morgan fingerprint density at radius 1 is 0.875 bits per heavy atom. The van der Waals surface area contributed by atoms with Crippen molar-refractivity contribution in [2.24, 2.45) is 10.4 Å². The Hall–Kier alpha value is -2.45. The fourth-order valence-corrected chi connectivity index (χ4v) is 4.44. The average Bonchev–Trinajstić information content (AvgIpc) is 2.88. The Morgan fingerprint density at radius 2 is 1.40 bits per heavy atom. The molecule has 0 heterocycles. The standard InChI is InChI=1S/C26H39F4N5O4S/c1-15(34-38)25(3,4)32-13-11-17(33-26(5,6)16(2)35-39)10-12-31-20(36)8-7-9-21(37)40-24-22(29)18(27)14-19(28)23(24)30/h14-17,32-33H,7-13H2,1-6H3,(H,31,36). The summed E-state index contributed by atoms with van der Waals surface area (Å²) in [6.45, 7) is 11.7. The maximum absolute atomic E-state index is 13.7. The largest absolute Gasteiger partial charge is 0.356 e. The summed E-state index contributed by atoms with van der Waals surface area (Å²) in [6, 6.07) is -1.04. The van der Waals surface area contributed by atoms with E-state index in [1.807, 2.05) is 27.7 Å². The van der Waals surface area contributed by atoms with Crippen LogP contribution in [0.15, 0.2) is 21.3 Å². The lowest BCUT2D eigenvalue weighted by molar-refractivity contribution is -0.121. The van der Waals surface area contributed by atoms with Crippen LogP contribution in [-0.4, -0.2) is 53.3 Å². The van der Waals surface area contributed by atoms with Gasteiger partial charge in [-0.1, -0.05) is 10.4 Å². The first-order chi connectivity index (χ1) is 18.5. The van der Waals surface area contributed by atoms with Crippen LogP contribution < -0.4 is 16.0 Å². The summed E-state index contributed by atoms with van der Waals surface area (Å²) in [5, 5.41) is 14.9. The van der Waals surface area contributed by atoms with E-state index in [2.05, 4.69) is 26.3 Å². The van der Waals surface area contributed by atoms with Gasteiger partial charge in [0.25, 0.3) is 0 Å². The van der Waals surface area contributed by atoms with E-state index < -0.39 is 56.4 Å². The highest BCUT2D eigenvalue weighted by molar-refractivity contribution is 8.13. The SMILES string of the molecule is CC(N=O)C(C)(C)NCCC(CCNC(=O)CCCC(=O)Sc1c(F)c(F)cc(F)c1F)NC(C)(C)C(C)N=O. The van der Waals surface area contributed by atoms with Gasteiger partial charge in [-0.2, -0.15) is 9.81 Å². The lowest BCUT2D eigenvalue weighted by Crippen LogP contribution is -2.54. The normalized spacial score (nSPS) is 14.3. The molecule has 0 saturated heterocycles. The van der Waals surface area contributed by atoms with Crippen molar-refractivity contribution in [1.82, 2.24) is 16.0 Å². The van der Waals surface area contributed by atoms with E-state index in [0.717, 1.165) is 0 Å². The molecule has 0 aliphatic carbocycles. The quantitative estimate of drug-likeness (QED) is 0.0907. The van der Waals surface area contributed by atoms with E-state index in [-0.39, 0.29) is 55.6 Å². The lowest BCUT2D eigenvalue weighted by Gasteiger charge is -2.35. The van der Waals surface area contributed by atoms with Crippen molar-refractivity contribution in [2.75, 3.05) is 13.1 Å². The number of carbonyl (C=O) groups excluding carboxylic acids is 2. The summed E-state index contributed by atoms with van der Waals surface area (Å²) in [4.78, 5) is 45.3. The predicted octanol–water partition coefficient (Wildman–Crippen LogP) is 5.34. The number of nitroso groups, excluding NO2 is 2. The number of amides is 1. The van der Waals surface area contributed by atoms with Crippen molar-refractivity contribution >= 4 is 22.8 Å². The van der Waals surface area contributed by atoms with E-state index in [9.17, 15) is 37.0 Å². The minimum absolute atomic E-state index is 0.0449. The van der Waals surface area contributed by atoms with Gasteiger partial charge in [0, 0.05) is 42.6 Å². The maximum atomic E-state index is 13.7. The molecule has 0 aromatic heterocycles. The number of nitrogens with one attached hydrogen (secondary N) is 3.